The first-order valence-corrected chi connectivity index (χ1v) is 3.64. The SMILES string of the molecule is CC(N)=CC(=N)c1ccccn1. The van der Waals surface area contributed by atoms with Crippen LogP contribution in [-0.4, -0.2) is 10.7 Å². The number of nitrogens with one attached hydrogen (secondary N) is 1. The van der Waals surface area contributed by atoms with Gasteiger partial charge in [0.1, 0.15) is 0 Å². The molecular weight excluding hydrogens is 150 g/mol. The van der Waals surface area contributed by atoms with Crippen LogP contribution in [0.4, 0.5) is 0 Å². The van der Waals surface area contributed by atoms with Gasteiger partial charge in [0.05, 0.1) is 11.4 Å². The first kappa shape index (κ1) is 8.46. The molecule has 0 atom stereocenters. The van der Waals surface area contributed by atoms with Gasteiger partial charge in [-0.2, -0.15) is 0 Å². The largest absolute Gasteiger partial charge is 0.402 e. The smallest absolute Gasteiger partial charge is 0.0879 e. The van der Waals surface area contributed by atoms with Gasteiger partial charge in [0.15, 0.2) is 0 Å². The highest BCUT2D eigenvalue weighted by Gasteiger charge is 1.96. The van der Waals surface area contributed by atoms with Gasteiger partial charge < -0.3 is 5.73 Å². The van der Waals surface area contributed by atoms with Crippen molar-refractivity contribution in [2.45, 2.75) is 6.92 Å². The summed E-state index contributed by atoms with van der Waals surface area (Å²) in [5, 5.41) is 7.54. The number of allylic oxidation sites excluding steroid dienone is 2. The van der Waals surface area contributed by atoms with Gasteiger partial charge in [-0.3, -0.25) is 10.4 Å². The molecule has 0 radical (unpaired) electrons. The molecule has 0 aliphatic heterocycles. The van der Waals surface area contributed by atoms with Gasteiger partial charge in [0, 0.05) is 11.9 Å². The normalized spacial score (nSPS) is 11.2. The molecule has 0 spiro atoms. The lowest BCUT2D eigenvalue weighted by atomic mass is 10.2. The molecule has 12 heavy (non-hydrogen) atoms. The highest BCUT2D eigenvalue weighted by atomic mass is 14.7. The summed E-state index contributed by atoms with van der Waals surface area (Å²) >= 11 is 0. The molecule has 1 rings (SSSR count). The van der Waals surface area contributed by atoms with E-state index in [-0.39, 0.29) is 0 Å². The summed E-state index contributed by atoms with van der Waals surface area (Å²) in [6, 6.07) is 5.44. The van der Waals surface area contributed by atoms with Crippen LogP contribution in [0.2, 0.25) is 0 Å². The van der Waals surface area contributed by atoms with Crippen LogP contribution in [0.25, 0.3) is 0 Å². The topological polar surface area (TPSA) is 62.8 Å². The van der Waals surface area contributed by atoms with Crippen LogP contribution < -0.4 is 5.73 Å². The Balaban J connectivity index is 2.87. The summed E-state index contributed by atoms with van der Waals surface area (Å²) in [5.41, 5.74) is 7.02. The maximum absolute atomic E-state index is 7.54. The highest BCUT2D eigenvalue weighted by Crippen LogP contribution is 1.96. The molecule has 1 heterocycles. The van der Waals surface area contributed by atoms with Gasteiger partial charge >= 0.3 is 0 Å². The lowest BCUT2D eigenvalue weighted by Crippen LogP contribution is -2.01. The molecule has 3 heteroatoms. The van der Waals surface area contributed by atoms with Gasteiger partial charge in [-0.25, -0.2) is 0 Å². The second kappa shape index (κ2) is 3.67. The summed E-state index contributed by atoms with van der Waals surface area (Å²) in [6.45, 7) is 1.75. The van der Waals surface area contributed by atoms with E-state index in [1.54, 1.807) is 25.3 Å². The van der Waals surface area contributed by atoms with Crippen LogP contribution in [0.3, 0.4) is 0 Å². The van der Waals surface area contributed by atoms with Crippen molar-refractivity contribution in [2.24, 2.45) is 5.73 Å². The minimum absolute atomic E-state index is 0.343. The molecule has 0 bridgehead atoms. The molecule has 3 N–H and O–H groups in total. The quantitative estimate of drug-likeness (QED) is 0.642. The van der Waals surface area contributed by atoms with Crippen LogP contribution in [0.5, 0.6) is 0 Å². The molecule has 0 saturated heterocycles. The Morgan fingerprint density at radius 3 is 2.83 bits per heavy atom. The summed E-state index contributed by atoms with van der Waals surface area (Å²) < 4.78 is 0. The van der Waals surface area contributed by atoms with Crippen LogP contribution in [0.1, 0.15) is 12.6 Å². The van der Waals surface area contributed by atoms with Crippen molar-refractivity contribution in [3.8, 4) is 0 Å². The average molecular weight is 161 g/mol. The standard InChI is InChI=1S/C9H11N3/c1-7(10)6-8(11)9-4-2-3-5-12-9/h2-6,11H,10H2,1H3. The Bertz CT molecular complexity index is 297. The van der Waals surface area contributed by atoms with Crippen molar-refractivity contribution in [2.75, 3.05) is 0 Å². The predicted octanol–water partition coefficient (Wildman–Crippen LogP) is 1.31. The Kier molecular flexibility index (Phi) is 2.58. The molecule has 62 valence electrons. The average Bonchev–Trinajstić information content (AvgIpc) is 2.05. The number of nitrogens with two attached hydrogens (primary N) is 1. The summed E-state index contributed by atoms with van der Waals surface area (Å²) in [5.74, 6) is 0. The number of nitrogens with zero attached hydrogens (tertiary/aromatic N) is 1. The second-order valence-corrected chi connectivity index (χ2v) is 2.52. The first-order valence-electron chi connectivity index (χ1n) is 3.64. The van der Waals surface area contributed by atoms with E-state index in [2.05, 4.69) is 4.98 Å². The van der Waals surface area contributed by atoms with E-state index >= 15 is 0 Å². The third kappa shape index (κ3) is 2.20. The fourth-order valence-electron chi connectivity index (χ4n) is 0.824. The molecule has 0 saturated carbocycles. The third-order valence-electron chi connectivity index (χ3n) is 1.31. The molecule has 0 fully saturated rings. The van der Waals surface area contributed by atoms with E-state index < -0.39 is 0 Å². The van der Waals surface area contributed by atoms with E-state index in [0.29, 0.717) is 17.1 Å². The van der Waals surface area contributed by atoms with Crippen molar-refractivity contribution in [3.05, 3.63) is 41.9 Å². The summed E-state index contributed by atoms with van der Waals surface area (Å²) in [4.78, 5) is 4.01. The fraction of sp³-hybridized carbons (Fsp3) is 0.111. The lowest BCUT2D eigenvalue weighted by Gasteiger charge is -1.96. The maximum Gasteiger partial charge on any atom is 0.0879 e. The minimum atomic E-state index is 0.343. The summed E-state index contributed by atoms with van der Waals surface area (Å²) in [7, 11) is 0. The van der Waals surface area contributed by atoms with Gasteiger partial charge in [-0.05, 0) is 25.1 Å². The zero-order valence-corrected chi connectivity index (χ0v) is 6.91. The first-order chi connectivity index (χ1) is 5.70. The van der Waals surface area contributed by atoms with E-state index in [1.165, 1.54) is 0 Å². The van der Waals surface area contributed by atoms with Crippen molar-refractivity contribution in [1.82, 2.24) is 4.98 Å². The van der Waals surface area contributed by atoms with Crippen molar-refractivity contribution < 1.29 is 0 Å². The van der Waals surface area contributed by atoms with Crippen molar-refractivity contribution in [1.29, 1.82) is 5.41 Å². The predicted molar refractivity (Wildman–Crippen MR) is 49.0 cm³/mol. The van der Waals surface area contributed by atoms with Crippen LogP contribution >= 0.6 is 0 Å². The molecule has 0 aromatic carbocycles. The zero-order valence-electron chi connectivity index (χ0n) is 6.91. The number of aromatic nitrogens is 1. The van der Waals surface area contributed by atoms with Gasteiger partial charge in [0.2, 0.25) is 0 Å². The van der Waals surface area contributed by atoms with Gasteiger partial charge in [-0.15, -0.1) is 0 Å². The Morgan fingerprint density at radius 2 is 2.33 bits per heavy atom. The van der Waals surface area contributed by atoms with Gasteiger partial charge in [0.25, 0.3) is 0 Å². The molecule has 0 amide bonds. The lowest BCUT2D eigenvalue weighted by molar-refractivity contribution is 1.26. The van der Waals surface area contributed by atoms with Crippen LogP contribution in [0.15, 0.2) is 36.2 Å². The van der Waals surface area contributed by atoms with Crippen LogP contribution in [-0.2, 0) is 0 Å². The Labute approximate surface area is 71.4 Å². The molecule has 0 unspecified atom stereocenters. The number of rotatable bonds is 2. The maximum atomic E-state index is 7.54. The number of hydrogen-bond donors (Lipinski definition) is 2. The van der Waals surface area contributed by atoms with Crippen LogP contribution in [0, 0.1) is 5.41 Å². The second-order valence-electron chi connectivity index (χ2n) is 2.52. The summed E-state index contributed by atoms with van der Waals surface area (Å²) in [6.07, 6.45) is 3.24. The molecule has 1 aromatic heterocycles. The van der Waals surface area contributed by atoms with Crippen molar-refractivity contribution >= 4 is 5.71 Å². The van der Waals surface area contributed by atoms with Crippen molar-refractivity contribution in [3.63, 3.8) is 0 Å². The highest BCUT2D eigenvalue weighted by molar-refractivity contribution is 6.05. The molecular formula is C9H11N3. The monoisotopic (exact) mass is 161 g/mol. The minimum Gasteiger partial charge on any atom is -0.402 e. The zero-order chi connectivity index (χ0) is 8.97. The number of hydrogen-bond acceptors (Lipinski definition) is 3. The Hall–Kier alpha value is -1.64. The van der Waals surface area contributed by atoms with E-state index in [1.807, 2.05) is 12.1 Å². The van der Waals surface area contributed by atoms with E-state index in [9.17, 15) is 0 Å². The number of pyridine rings is 1. The molecule has 0 aliphatic carbocycles. The Morgan fingerprint density at radius 1 is 1.58 bits per heavy atom. The molecule has 0 aliphatic rings. The third-order valence-corrected chi connectivity index (χ3v) is 1.31. The fourth-order valence-corrected chi connectivity index (χ4v) is 0.824. The van der Waals surface area contributed by atoms with Gasteiger partial charge in [-0.1, -0.05) is 6.07 Å². The molecule has 1 aromatic rings. The van der Waals surface area contributed by atoms with E-state index in [4.69, 9.17) is 11.1 Å². The molecule has 3 nitrogen and oxygen atoms in total. The van der Waals surface area contributed by atoms with E-state index in [0.717, 1.165) is 0 Å².